The first kappa shape index (κ1) is 20.6. The lowest BCUT2D eigenvalue weighted by atomic mass is 10.1. The molecular formula is C25H24N2O4. The van der Waals surface area contributed by atoms with Gasteiger partial charge in [0.25, 0.3) is 11.8 Å². The van der Waals surface area contributed by atoms with E-state index < -0.39 is 17.9 Å². The summed E-state index contributed by atoms with van der Waals surface area (Å²) in [4.78, 5) is 42.4. The van der Waals surface area contributed by atoms with Crippen LogP contribution in [0.1, 0.15) is 39.2 Å². The third kappa shape index (κ3) is 3.89. The molecule has 1 aliphatic heterocycles. The van der Waals surface area contributed by atoms with Gasteiger partial charge in [-0.2, -0.15) is 0 Å². The fourth-order valence-electron chi connectivity index (χ4n) is 4.22. The number of benzene rings is 2. The molecule has 3 aromatic rings. The number of hydrogen-bond acceptors (Lipinski definition) is 4. The molecule has 6 nitrogen and oxygen atoms in total. The van der Waals surface area contributed by atoms with Gasteiger partial charge >= 0.3 is 0 Å². The number of imide groups is 1. The largest absolute Gasteiger partial charge is 0.459 e. The summed E-state index contributed by atoms with van der Waals surface area (Å²) < 4.78 is 5.32. The van der Waals surface area contributed by atoms with Crippen molar-refractivity contribution in [1.82, 2.24) is 0 Å². The van der Waals surface area contributed by atoms with Crippen molar-refractivity contribution in [2.75, 3.05) is 9.80 Å². The number of furan rings is 1. The summed E-state index contributed by atoms with van der Waals surface area (Å²) in [5.74, 6) is -1.09. The Morgan fingerprint density at radius 3 is 2.06 bits per heavy atom. The second-order valence-corrected chi connectivity index (χ2v) is 8.13. The lowest BCUT2D eigenvalue weighted by molar-refractivity contribution is -0.121. The number of carbonyl (C=O) groups excluding carboxylic acids is 3. The van der Waals surface area contributed by atoms with Crippen molar-refractivity contribution in [3.8, 4) is 0 Å². The van der Waals surface area contributed by atoms with Crippen molar-refractivity contribution in [2.45, 2.75) is 40.2 Å². The van der Waals surface area contributed by atoms with Crippen LogP contribution in [0.15, 0.2) is 59.2 Å². The Morgan fingerprint density at radius 1 is 0.935 bits per heavy atom. The third-order valence-electron chi connectivity index (χ3n) is 5.33. The monoisotopic (exact) mass is 416 g/mol. The molecule has 158 valence electrons. The first-order chi connectivity index (χ1) is 14.7. The van der Waals surface area contributed by atoms with Crippen LogP contribution in [0.25, 0.3) is 0 Å². The molecule has 6 heteroatoms. The summed E-state index contributed by atoms with van der Waals surface area (Å²) in [5, 5.41) is 0. The average Bonchev–Trinajstić information content (AvgIpc) is 3.29. The van der Waals surface area contributed by atoms with Crippen LogP contribution in [-0.2, 0) is 9.59 Å². The fraction of sp³-hybridized carbons (Fsp3) is 0.240. The molecule has 1 atom stereocenters. The molecule has 4 rings (SSSR count). The molecule has 1 aromatic heterocycles. The molecule has 31 heavy (non-hydrogen) atoms. The van der Waals surface area contributed by atoms with Crippen molar-refractivity contribution in [2.24, 2.45) is 0 Å². The van der Waals surface area contributed by atoms with Crippen LogP contribution < -0.4 is 9.80 Å². The number of amides is 3. The predicted molar refractivity (Wildman–Crippen MR) is 118 cm³/mol. The lowest BCUT2D eigenvalue weighted by Gasteiger charge is -2.27. The molecule has 2 aromatic carbocycles. The van der Waals surface area contributed by atoms with Gasteiger partial charge in [0.05, 0.1) is 18.4 Å². The molecule has 0 unspecified atom stereocenters. The number of aryl methyl sites for hydroxylation is 4. The molecule has 0 N–H and O–H groups in total. The van der Waals surface area contributed by atoms with Crippen molar-refractivity contribution in [3.05, 3.63) is 82.8 Å². The number of nitrogens with zero attached hydrogens (tertiary/aromatic N) is 2. The smallest absolute Gasteiger partial charge is 0.294 e. The standard InChI is InChI=1S/C25H24N2O4/c1-15-8-16(2)11-19(10-15)26(25(30)22-6-5-7-31-22)21-14-23(28)27(24(21)29)20-12-17(3)9-18(4)13-20/h5-13,21H,14H2,1-4H3/t21-/m1/s1. The van der Waals surface area contributed by atoms with E-state index in [9.17, 15) is 14.4 Å². The molecule has 1 aliphatic rings. The van der Waals surface area contributed by atoms with Gasteiger partial charge in [-0.1, -0.05) is 12.1 Å². The van der Waals surface area contributed by atoms with Gasteiger partial charge in [-0.15, -0.1) is 0 Å². The molecule has 0 aliphatic carbocycles. The molecule has 0 bridgehead atoms. The second-order valence-electron chi connectivity index (χ2n) is 8.13. The van der Waals surface area contributed by atoms with Crippen LogP contribution in [0.2, 0.25) is 0 Å². The molecule has 1 saturated heterocycles. The van der Waals surface area contributed by atoms with E-state index in [0.717, 1.165) is 22.3 Å². The van der Waals surface area contributed by atoms with Gasteiger partial charge < -0.3 is 4.42 Å². The Hall–Kier alpha value is -3.67. The van der Waals surface area contributed by atoms with Gasteiger partial charge in [-0.25, -0.2) is 4.90 Å². The zero-order chi connectivity index (χ0) is 22.3. The predicted octanol–water partition coefficient (Wildman–Crippen LogP) is 4.49. The van der Waals surface area contributed by atoms with Gasteiger partial charge in [0, 0.05) is 5.69 Å². The molecule has 3 amide bonds. The van der Waals surface area contributed by atoms with E-state index in [1.54, 1.807) is 24.3 Å². The van der Waals surface area contributed by atoms with Gasteiger partial charge in [0.1, 0.15) is 6.04 Å². The normalized spacial score (nSPS) is 16.1. The van der Waals surface area contributed by atoms with Gasteiger partial charge in [-0.3, -0.25) is 19.3 Å². The van der Waals surface area contributed by atoms with Crippen LogP contribution in [-0.4, -0.2) is 23.8 Å². The van der Waals surface area contributed by atoms with E-state index in [1.165, 1.54) is 16.1 Å². The third-order valence-corrected chi connectivity index (χ3v) is 5.33. The van der Waals surface area contributed by atoms with Crippen LogP contribution >= 0.6 is 0 Å². The maximum absolute atomic E-state index is 13.5. The highest BCUT2D eigenvalue weighted by molar-refractivity contribution is 6.25. The topological polar surface area (TPSA) is 70.8 Å². The zero-order valence-corrected chi connectivity index (χ0v) is 18.0. The molecule has 0 radical (unpaired) electrons. The van der Waals surface area contributed by atoms with E-state index >= 15 is 0 Å². The van der Waals surface area contributed by atoms with Crippen LogP contribution in [0, 0.1) is 27.7 Å². The second kappa shape index (κ2) is 7.87. The van der Waals surface area contributed by atoms with Gasteiger partial charge in [0.15, 0.2) is 5.76 Å². The minimum atomic E-state index is -0.952. The Kier molecular flexibility index (Phi) is 5.23. The number of carbonyl (C=O) groups is 3. The average molecular weight is 416 g/mol. The van der Waals surface area contributed by atoms with Crippen molar-refractivity contribution >= 4 is 29.1 Å². The Bertz CT molecular complexity index is 1140. The molecule has 1 fully saturated rings. The van der Waals surface area contributed by atoms with Crippen LogP contribution in [0.4, 0.5) is 11.4 Å². The summed E-state index contributed by atoms with van der Waals surface area (Å²) in [5.41, 5.74) is 4.91. The van der Waals surface area contributed by atoms with E-state index in [1.807, 2.05) is 52.0 Å². The summed E-state index contributed by atoms with van der Waals surface area (Å²) in [6, 6.07) is 13.5. The highest BCUT2D eigenvalue weighted by atomic mass is 16.3. The maximum Gasteiger partial charge on any atom is 0.294 e. The first-order valence-electron chi connectivity index (χ1n) is 10.1. The summed E-state index contributed by atoms with van der Waals surface area (Å²) in [6.07, 6.45) is 1.32. The van der Waals surface area contributed by atoms with Crippen molar-refractivity contribution in [1.29, 1.82) is 0 Å². The van der Waals surface area contributed by atoms with Crippen molar-refractivity contribution in [3.63, 3.8) is 0 Å². The lowest BCUT2D eigenvalue weighted by Crippen LogP contribution is -2.45. The number of hydrogen-bond donors (Lipinski definition) is 0. The molecule has 0 spiro atoms. The molecule has 2 heterocycles. The highest BCUT2D eigenvalue weighted by Gasteiger charge is 2.45. The van der Waals surface area contributed by atoms with Gasteiger partial charge in [-0.05, 0) is 86.3 Å². The van der Waals surface area contributed by atoms with Crippen molar-refractivity contribution < 1.29 is 18.8 Å². The number of anilines is 2. The molecule has 0 saturated carbocycles. The quantitative estimate of drug-likeness (QED) is 0.588. The minimum absolute atomic E-state index is 0.0920. The van der Waals surface area contributed by atoms with E-state index in [4.69, 9.17) is 4.42 Å². The Labute approximate surface area is 181 Å². The fourth-order valence-corrected chi connectivity index (χ4v) is 4.22. The minimum Gasteiger partial charge on any atom is -0.459 e. The SMILES string of the molecule is Cc1cc(C)cc(N2C(=O)C[C@@H](N(C(=O)c3ccco3)c3cc(C)cc(C)c3)C2=O)c1. The van der Waals surface area contributed by atoms with Gasteiger partial charge in [0.2, 0.25) is 5.91 Å². The summed E-state index contributed by atoms with van der Waals surface area (Å²) in [6.45, 7) is 7.69. The van der Waals surface area contributed by atoms with E-state index in [2.05, 4.69) is 0 Å². The Morgan fingerprint density at radius 2 is 1.52 bits per heavy atom. The highest BCUT2D eigenvalue weighted by Crippen LogP contribution is 2.32. The van der Waals surface area contributed by atoms with E-state index in [0.29, 0.717) is 11.4 Å². The van der Waals surface area contributed by atoms with Crippen LogP contribution in [0.3, 0.4) is 0 Å². The molecular weight excluding hydrogens is 392 g/mol. The zero-order valence-electron chi connectivity index (χ0n) is 18.0. The maximum atomic E-state index is 13.5. The van der Waals surface area contributed by atoms with Crippen LogP contribution in [0.5, 0.6) is 0 Å². The first-order valence-corrected chi connectivity index (χ1v) is 10.1. The Balaban J connectivity index is 1.79. The van der Waals surface area contributed by atoms with E-state index in [-0.39, 0.29) is 18.1 Å². The summed E-state index contributed by atoms with van der Waals surface area (Å²) in [7, 11) is 0. The number of rotatable bonds is 4. The summed E-state index contributed by atoms with van der Waals surface area (Å²) >= 11 is 0.